The highest BCUT2D eigenvalue weighted by molar-refractivity contribution is 7.99. The Morgan fingerprint density at radius 2 is 2.00 bits per heavy atom. The number of carboxylic acid groups (broad SMARTS) is 1. The molecule has 1 atom stereocenters. The number of carbonyl (C=O) groups is 1. The molecule has 100 valence electrons. The van der Waals surface area contributed by atoms with E-state index in [2.05, 4.69) is 4.90 Å². The van der Waals surface area contributed by atoms with Crippen LogP contribution in [0.15, 0.2) is 30.3 Å². The Labute approximate surface area is 113 Å². The minimum atomic E-state index is -0.698. The SMILES string of the molecule is CN(C)CCSCC(Cc1ccccc1)C(=O)O. The predicted octanol–water partition coefficient (Wildman–Crippen LogP) is 2.22. The molecule has 18 heavy (non-hydrogen) atoms. The first-order chi connectivity index (χ1) is 8.59. The molecule has 0 radical (unpaired) electrons. The van der Waals surface area contributed by atoms with Crippen LogP contribution in [0.25, 0.3) is 0 Å². The second-order valence-corrected chi connectivity index (χ2v) is 5.75. The van der Waals surface area contributed by atoms with Gasteiger partial charge in [-0.05, 0) is 26.1 Å². The van der Waals surface area contributed by atoms with E-state index in [0.29, 0.717) is 12.2 Å². The summed E-state index contributed by atoms with van der Waals surface area (Å²) in [6.07, 6.45) is 0.616. The molecule has 0 saturated heterocycles. The van der Waals surface area contributed by atoms with Crippen molar-refractivity contribution in [2.75, 3.05) is 32.1 Å². The second kappa shape index (κ2) is 8.16. The fourth-order valence-corrected chi connectivity index (χ4v) is 2.79. The minimum Gasteiger partial charge on any atom is -0.481 e. The Kier molecular flexibility index (Phi) is 6.83. The maximum Gasteiger partial charge on any atom is 0.307 e. The van der Waals surface area contributed by atoms with Gasteiger partial charge in [0, 0.05) is 18.1 Å². The quantitative estimate of drug-likeness (QED) is 0.733. The molecule has 1 aromatic carbocycles. The molecular weight excluding hydrogens is 246 g/mol. The lowest BCUT2D eigenvalue weighted by Gasteiger charge is -2.13. The van der Waals surface area contributed by atoms with Gasteiger partial charge < -0.3 is 10.0 Å². The predicted molar refractivity (Wildman–Crippen MR) is 77.2 cm³/mol. The van der Waals surface area contributed by atoms with Crippen molar-refractivity contribution in [3.05, 3.63) is 35.9 Å². The Bertz CT molecular complexity index is 354. The topological polar surface area (TPSA) is 40.5 Å². The lowest BCUT2D eigenvalue weighted by molar-refractivity contribution is -0.140. The highest BCUT2D eigenvalue weighted by Gasteiger charge is 2.17. The molecule has 1 aromatic rings. The number of rotatable bonds is 8. The van der Waals surface area contributed by atoms with Crippen LogP contribution in [0.4, 0.5) is 0 Å². The summed E-state index contributed by atoms with van der Waals surface area (Å²) < 4.78 is 0. The Hall–Kier alpha value is -1.00. The van der Waals surface area contributed by atoms with Gasteiger partial charge in [0.25, 0.3) is 0 Å². The summed E-state index contributed by atoms with van der Waals surface area (Å²) in [5.41, 5.74) is 1.10. The molecule has 4 heteroatoms. The van der Waals surface area contributed by atoms with Gasteiger partial charge in [0.2, 0.25) is 0 Å². The Balaban J connectivity index is 2.39. The third kappa shape index (κ3) is 6.07. The molecule has 0 bridgehead atoms. The van der Waals surface area contributed by atoms with Crippen molar-refractivity contribution in [3.8, 4) is 0 Å². The third-order valence-corrected chi connectivity index (χ3v) is 3.79. The van der Waals surface area contributed by atoms with Gasteiger partial charge in [-0.25, -0.2) is 0 Å². The zero-order chi connectivity index (χ0) is 13.4. The Morgan fingerprint density at radius 1 is 1.33 bits per heavy atom. The van der Waals surface area contributed by atoms with Crippen molar-refractivity contribution >= 4 is 17.7 Å². The zero-order valence-corrected chi connectivity index (χ0v) is 11.8. The summed E-state index contributed by atoms with van der Waals surface area (Å²) in [4.78, 5) is 13.3. The van der Waals surface area contributed by atoms with Crippen molar-refractivity contribution in [2.45, 2.75) is 6.42 Å². The number of carboxylic acids is 1. The van der Waals surface area contributed by atoms with Crippen LogP contribution in [-0.2, 0) is 11.2 Å². The highest BCUT2D eigenvalue weighted by Crippen LogP contribution is 2.15. The third-order valence-electron chi connectivity index (χ3n) is 2.68. The summed E-state index contributed by atoms with van der Waals surface area (Å²) in [5.74, 6) is 0.666. The molecule has 1 unspecified atom stereocenters. The van der Waals surface area contributed by atoms with E-state index in [-0.39, 0.29) is 5.92 Å². The van der Waals surface area contributed by atoms with Crippen LogP contribution in [0.3, 0.4) is 0 Å². The van der Waals surface area contributed by atoms with Crippen LogP contribution in [0, 0.1) is 5.92 Å². The van der Waals surface area contributed by atoms with Crippen molar-refractivity contribution < 1.29 is 9.90 Å². The Morgan fingerprint density at radius 3 is 2.56 bits per heavy atom. The minimum absolute atomic E-state index is 0.292. The summed E-state index contributed by atoms with van der Waals surface area (Å²) in [6.45, 7) is 0.988. The molecule has 0 heterocycles. The van der Waals surface area contributed by atoms with Crippen molar-refractivity contribution in [2.24, 2.45) is 5.92 Å². The molecule has 0 spiro atoms. The number of thioether (sulfide) groups is 1. The molecule has 0 aliphatic carbocycles. The van der Waals surface area contributed by atoms with Crippen LogP contribution < -0.4 is 0 Å². The smallest absolute Gasteiger partial charge is 0.307 e. The van der Waals surface area contributed by atoms with Gasteiger partial charge in [-0.3, -0.25) is 4.79 Å². The monoisotopic (exact) mass is 267 g/mol. The van der Waals surface area contributed by atoms with E-state index in [4.69, 9.17) is 0 Å². The highest BCUT2D eigenvalue weighted by atomic mass is 32.2. The van der Waals surface area contributed by atoms with Gasteiger partial charge in [0.05, 0.1) is 5.92 Å². The number of benzene rings is 1. The first kappa shape index (κ1) is 15.1. The fourth-order valence-electron chi connectivity index (χ4n) is 1.59. The maximum atomic E-state index is 11.2. The normalized spacial score (nSPS) is 12.6. The molecule has 0 amide bonds. The lowest BCUT2D eigenvalue weighted by atomic mass is 10.0. The molecule has 0 aliphatic heterocycles. The molecule has 3 nitrogen and oxygen atoms in total. The van der Waals surface area contributed by atoms with E-state index in [9.17, 15) is 9.90 Å². The average molecular weight is 267 g/mol. The van der Waals surface area contributed by atoms with Crippen LogP contribution >= 0.6 is 11.8 Å². The zero-order valence-electron chi connectivity index (χ0n) is 11.0. The summed E-state index contributed by atoms with van der Waals surface area (Å²) in [5, 5.41) is 9.22. The van der Waals surface area contributed by atoms with Crippen LogP contribution in [0.5, 0.6) is 0 Å². The molecule has 1 rings (SSSR count). The van der Waals surface area contributed by atoms with Gasteiger partial charge in [0.15, 0.2) is 0 Å². The summed E-state index contributed by atoms with van der Waals surface area (Å²) in [7, 11) is 4.05. The molecule has 0 aliphatic rings. The fraction of sp³-hybridized carbons (Fsp3) is 0.500. The van der Waals surface area contributed by atoms with E-state index in [1.165, 1.54) is 0 Å². The summed E-state index contributed by atoms with van der Waals surface area (Å²) >= 11 is 1.71. The molecule has 0 fully saturated rings. The van der Waals surface area contributed by atoms with Crippen molar-refractivity contribution in [1.29, 1.82) is 0 Å². The van der Waals surface area contributed by atoms with E-state index < -0.39 is 5.97 Å². The average Bonchev–Trinajstić information content (AvgIpc) is 2.33. The standard InChI is InChI=1S/C14H21NO2S/c1-15(2)8-9-18-11-13(14(16)17)10-12-6-4-3-5-7-12/h3-7,13H,8-11H2,1-2H3,(H,16,17). The van der Waals surface area contributed by atoms with E-state index in [1.54, 1.807) is 11.8 Å². The van der Waals surface area contributed by atoms with E-state index in [0.717, 1.165) is 17.9 Å². The van der Waals surface area contributed by atoms with Gasteiger partial charge in [-0.15, -0.1) is 0 Å². The molecule has 1 N–H and O–H groups in total. The van der Waals surface area contributed by atoms with E-state index in [1.807, 2.05) is 44.4 Å². The van der Waals surface area contributed by atoms with E-state index >= 15 is 0 Å². The van der Waals surface area contributed by atoms with Gasteiger partial charge >= 0.3 is 5.97 Å². The maximum absolute atomic E-state index is 11.2. The van der Waals surface area contributed by atoms with Gasteiger partial charge in [0.1, 0.15) is 0 Å². The molecule has 0 saturated carbocycles. The largest absolute Gasteiger partial charge is 0.481 e. The molecular formula is C14H21NO2S. The first-order valence-electron chi connectivity index (χ1n) is 6.09. The van der Waals surface area contributed by atoms with Crippen LogP contribution in [0.1, 0.15) is 5.56 Å². The number of hydrogen-bond donors (Lipinski definition) is 1. The summed E-state index contributed by atoms with van der Waals surface area (Å²) in [6, 6.07) is 9.83. The number of nitrogens with zero attached hydrogens (tertiary/aromatic N) is 1. The first-order valence-corrected chi connectivity index (χ1v) is 7.24. The molecule has 0 aromatic heterocycles. The van der Waals surface area contributed by atoms with Crippen LogP contribution in [0.2, 0.25) is 0 Å². The van der Waals surface area contributed by atoms with Crippen molar-refractivity contribution in [1.82, 2.24) is 4.90 Å². The van der Waals surface area contributed by atoms with Gasteiger partial charge in [-0.1, -0.05) is 30.3 Å². The van der Waals surface area contributed by atoms with Crippen LogP contribution in [-0.4, -0.2) is 48.1 Å². The second-order valence-electron chi connectivity index (χ2n) is 4.60. The lowest BCUT2D eigenvalue weighted by Crippen LogP contribution is -2.21. The van der Waals surface area contributed by atoms with Gasteiger partial charge in [-0.2, -0.15) is 11.8 Å². The number of aliphatic carboxylic acids is 1. The number of hydrogen-bond acceptors (Lipinski definition) is 3. The van der Waals surface area contributed by atoms with Crippen molar-refractivity contribution in [3.63, 3.8) is 0 Å².